The minimum atomic E-state index is -0.481. The maximum absolute atomic E-state index is 12.1. The Morgan fingerprint density at radius 3 is 2.48 bits per heavy atom. The Labute approximate surface area is 120 Å². The lowest BCUT2D eigenvalue weighted by molar-refractivity contribution is 0.0603. The van der Waals surface area contributed by atoms with Crippen LogP contribution in [0.15, 0.2) is 63.8 Å². The Balaban J connectivity index is 2.32. The van der Waals surface area contributed by atoms with E-state index in [-0.39, 0.29) is 0 Å². The molecule has 4 heteroatoms. The lowest BCUT2D eigenvalue weighted by atomic mass is 10.0. The number of ether oxygens (including phenoxy) is 1. The molecule has 0 aliphatic rings. The molecule has 0 unspecified atom stereocenters. The molecule has 0 saturated carbocycles. The number of fused-ring (bicyclic) bond motifs is 1. The van der Waals surface area contributed by atoms with Crippen LogP contribution in [-0.4, -0.2) is 13.1 Å². The molecule has 0 fully saturated rings. The second kappa shape index (κ2) is 5.25. The van der Waals surface area contributed by atoms with Gasteiger partial charge in [0.1, 0.15) is 5.76 Å². The highest BCUT2D eigenvalue weighted by Gasteiger charge is 2.14. The van der Waals surface area contributed by atoms with Crippen LogP contribution in [0.5, 0.6) is 0 Å². The van der Waals surface area contributed by atoms with E-state index in [0.717, 1.165) is 5.56 Å². The van der Waals surface area contributed by atoms with E-state index in [1.165, 1.54) is 7.11 Å². The summed E-state index contributed by atoms with van der Waals surface area (Å²) in [7, 11) is 1.31. The maximum atomic E-state index is 12.1. The van der Waals surface area contributed by atoms with Gasteiger partial charge in [0.25, 0.3) is 0 Å². The number of hydrogen-bond acceptors (Lipinski definition) is 4. The zero-order valence-electron chi connectivity index (χ0n) is 11.3. The van der Waals surface area contributed by atoms with Gasteiger partial charge in [-0.15, -0.1) is 0 Å². The predicted octanol–water partition coefficient (Wildman–Crippen LogP) is 3.25. The summed E-state index contributed by atoms with van der Waals surface area (Å²) in [5, 5.41) is 0.886. The Bertz CT molecular complexity index is 863. The van der Waals surface area contributed by atoms with Crippen LogP contribution < -0.4 is 5.63 Å². The molecule has 0 bridgehead atoms. The molecule has 0 aliphatic carbocycles. The number of hydrogen-bond donors (Lipinski definition) is 0. The molecule has 0 saturated heterocycles. The number of esters is 1. The van der Waals surface area contributed by atoms with Gasteiger partial charge in [0, 0.05) is 10.9 Å². The van der Waals surface area contributed by atoms with Crippen LogP contribution in [0.25, 0.3) is 22.1 Å². The quantitative estimate of drug-likeness (QED) is 0.676. The first-order chi connectivity index (χ1) is 10.2. The van der Waals surface area contributed by atoms with Crippen LogP contribution in [0, 0.1) is 0 Å². The predicted molar refractivity (Wildman–Crippen MR) is 79.3 cm³/mol. The Morgan fingerprint density at radius 2 is 1.76 bits per heavy atom. The first-order valence-electron chi connectivity index (χ1n) is 6.41. The SMILES string of the molecule is COC(=O)c1cccc2c(=O)oc(-c3ccccc3)cc12. The van der Waals surface area contributed by atoms with Crippen LogP contribution >= 0.6 is 0 Å². The van der Waals surface area contributed by atoms with Crippen molar-refractivity contribution in [2.75, 3.05) is 7.11 Å². The number of carbonyl (C=O) groups excluding carboxylic acids is 1. The number of rotatable bonds is 2. The number of methoxy groups -OCH3 is 1. The highest BCUT2D eigenvalue weighted by Crippen LogP contribution is 2.24. The van der Waals surface area contributed by atoms with Crippen molar-refractivity contribution < 1.29 is 13.9 Å². The molecular formula is C17H12O4. The lowest BCUT2D eigenvalue weighted by Crippen LogP contribution is -2.06. The van der Waals surface area contributed by atoms with E-state index in [9.17, 15) is 9.59 Å². The van der Waals surface area contributed by atoms with Gasteiger partial charge < -0.3 is 9.15 Å². The molecule has 0 aliphatic heterocycles. The van der Waals surface area contributed by atoms with Gasteiger partial charge in [-0.05, 0) is 18.2 Å². The topological polar surface area (TPSA) is 56.5 Å². The van der Waals surface area contributed by atoms with Gasteiger partial charge >= 0.3 is 11.6 Å². The first-order valence-corrected chi connectivity index (χ1v) is 6.41. The summed E-state index contributed by atoms with van der Waals surface area (Å²) in [4.78, 5) is 23.9. The van der Waals surface area contributed by atoms with Gasteiger partial charge in [-0.2, -0.15) is 0 Å². The number of benzene rings is 2. The number of carbonyl (C=O) groups is 1. The van der Waals surface area contributed by atoms with E-state index in [1.54, 1.807) is 24.3 Å². The second-order valence-electron chi connectivity index (χ2n) is 4.52. The van der Waals surface area contributed by atoms with Crippen LogP contribution in [0.2, 0.25) is 0 Å². The molecule has 4 nitrogen and oxygen atoms in total. The van der Waals surface area contributed by atoms with Crippen LogP contribution in [-0.2, 0) is 4.74 Å². The molecule has 0 spiro atoms. The van der Waals surface area contributed by atoms with Gasteiger partial charge in [-0.3, -0.25) is 0 Å². The van der Waals surface area contributed by atoms with Crippen LogP contribution in [0.4, 0.5) is 0 Å². The lowest BCUT2D eigenvalue weighted by Gasteiger charge is -2.06. The summed E-state index contributed by atoms with van der Waals surface area (Å²) >= 11 is 0. The van der Waals surface area contributed by atoms with Crippen molar-refractivity contribution >= 4 is 16.7 Å². The van der Waals surface area contributed by atoms with Crippen molar-refractivity contribution in [1.82, 2.24) is 0 Å². The van der Waals surface area contributed by atoms with Crippen molar-refractivity contribution in [3.63, 3.8) is 0 Å². The van der Waals surface area contributed by atoms with E-state index >= 15 is 0 Å². The third-order valence-electron chi connectivity index (χ3n) is 3.27. The summed E-state index contributed by atoms with van der Waals surface area (Å²) in [6.07, 6.45) is 0. The first kappa shape index (κ1) is 13.1. The van der Waals surface area contributed by atoms with Crippen molar-refractivity contribution in [3.05, 3.63) is 70.6 Å². The molecule has 2 aromatic carbocycles. The van der Waals surface area contributed by atoms with Crippen molar-refractivity contribution in [2.45, 2.75) is 0 Å². The zero-order valence-corrected chi connectivity index (χ0v) is 11.3. The molecule has 0 atom stereocenters. The highest BCUT2D eigenvalue weighted by atomic mass is 16.5. The second-order valence-corrected chi connectivity index (χ2v) is 4.52. The fourth-order valence-corrected chi connectivity index (χ4v) is 2.25. The van der Waals surface area contributed by atoms with Gasteiger partial charge in [-0.1, -0.05) is 36.4 Å². The summed E-state index contributed by atoms with van der Waals surface area (Å²) in [5.41, 5.74) is 0.647. The Morgan fingerprint density at radius 1 is 1.00 bits per heavy atom. The summed E-state index contributed by atoms with van der Waals surface area (Å²) < 4.78 is 10.1. The average Bonchev–Trinajstić information content (AvgIpc) is 2.54. The molecule has 1 heterocycles. The fourth-order valence-electron chi connectivity index (χ4n) is 2.25. The van der Waals surface area contributed by atoms with E-state index in [2.05, 4.69) is 0 Å². The monoisotopic (exact) mass is 280 g/mol. The van der Waals surface area contributed by atoms with Crippen molar-refractivity contribution in [1.29, 1.82) is 0 Å². The molecule has 0 radical (unpaired) electrons. The van der Waals surface area contributed by atoms with E-state index in [1.807, 2.05) is 30.3 Å². The average molecular weight is 280 g/mol. The summed E-state index contributed by atoms with van der Waals surface area (Å²) in [5.74, 6) is -0.0605. The normalized spacial score (nSPS) is 10.5. The third kappa shape index (κ3) is 2.31. The molecular weight excluding hydrogens is 268 g/mol. The van der Waals surface area contributed by atoms with E-state index < -0.39 is 11.6 Å². The third-order valence-corrected chi connectivity index (χ3v) is 3.27. The van der Waals surface area contributed by atoms with E-state index in [0.29, 0.717) is 22.1 Å². The van der Waals surface area contributed by atoms with E-state index in [4.69, 9.17) is 9.15 Å². The molecule has 3 aromatic rings. The van der Waals surface area contributed by atoms with Gasteiger partial charge in [0.2, 0.25) is 0 Å². The van der Waals surface area contributed by atoms with Crippen molar-refractivity contribution in [3.8, 4) is 11.3 Å². The van der Waals surface area contributed by atoms with Crippen molar-refractivity contribution in [2.24, 2.45) is 0 Å². The van der Waals surface area contributed by atoms with Gasteiger partial charge in [0.15, 0.2) is 0 Å². The maximum Gasteiger partial charge on any atom is 0.344 e. The van der Waals surface area contributed by atoms with Gasteiger partial charge in [-0.25, -0.2) is 9.59 Å². The molecule has 21 heavy (non-hydrogen) atoms. The van der Waals surface area contributed by atoms with Gasteiger partial charge in [0.05, 0.1) is 18.1 Å². The molecule has 0 N–H and O–H groups in total. The van der Waals surface area contributed by atoms with Crippen LogP contribution in [0.3, 0.4) is 0 Å². The zero-order chi connectivity index (χ0) is 14.8. The molecule has 0 amide bonds. The standard InChI is InChI=1S/C17H12O4/c1-20-16(18)12-8-5-9-13-14(12)10-15(21-17(13)19)11-6-3-2-4-7-11/h2-10H,1H3. The smallest absolute Gasteiger partial charge is 0.344 e. The Hall–Kier alpha value is -2.88. The Kier molecular flexibility index (Phi) is 3.28. The molecule has 1 aromatic heterocycles. The summed E-state index contributed by atoms with van der Waals surface area (Å²) in [6, 6.07) is 15.8. The minimum Gasteiger partial charge on any atom is -0.465 e. The van der Waals surface area contributed by atoms with Crippen LogP contribution in [0.1, 0.15) is 10.4 Å². The molecule has 3 rings (SSSR count). The highest BCUT2D eigenvalue weighted by molar-refractivity contribution is 6.04. The summed E-state index contributed by atoms with van der Waals surface area (Å²) in [6.45, 7) is 0. The fraction of sp³-hybridized carbons (Fsp3) is 0.0588. The minimum absolute atomic E-state index is 0.347. The molecule has 104 valence electrons. The largest absolute Gasteiger partial charge is 0.465 e.